The first-order valence-corrected chi connectivity index (χ1v) is 10.5. The monoisotopic (exact) mass is 486 g/mol. The smallest absolute Gasteiger partial charge is 0.417 e. The van der Waals surface area contributed by atoms with Crippen molar-refractivity contribution in [3.8, 4) is 0 Å². The molecule has 4 rings (SSSR count). The summed E-state index contributed by atoms with van der Waals surface area (Å²) in [6.45, 7) is 0.475. The Bertz CT molecular complexity index is 1350. The highest BCUT2D eigenvalue weighted by molar-refractivity contribution is 6.31. The van der Waals surface area contributed by atoms with Crippen LogP contribution in [0.2, 0.25) is 5.02 Å². The predicted molar refractivity (Wildman–Crippen MR) is 124 cm³/mol. The van der Waals surface area contributed by atoms with E-state index in [1.807, 2.05) is 30.3 Å². The maximum absolute atomic E-state index is 13.2. The summed E-state index contributed by atoms with van der Waals surface area (Å²) in [6.07, 6.45) is -3.37. The van der Waals surface area contributed by atoms with Gasteiger partial charge >= 0.3 is 12.1 Å². The molecule has 0 aliphatic rings. The predicted octanol–water partition coefficient (Wildman–Crippen LogP) is 6.22. The molecule has 0 aliphatic heterocycles. The van der Waals surface area contributed by atoms with Crippen LogP contribution in [0.3, 0.4) is 0 Å². The number of fused-ring (bicyclic) bond motifs is 1. The Hall–Kier alpha value is -3.85. The zero-order chi connectivity index (χ0) is 24.3. The molecule has 1 aromatic heterocycles. The number of anilines is 2. The number of benzene rings is 3. The summed E-state index contributed by atoms with van der Waals surface area (Å²) >= 11 is 5.69. The second kappa shape index (κ2) is 9.56. The van der Waals surface area contributed by atoms with Gasteiger partial charge in [-0.1, -0.05) is 48.0 Å². The molecule has 6 nitrogen and oxygen atoms in total. The van der Waals surface area contributed by atoms with E-state index in [4.69, 9.17) is 11.6 Å². The number of nitrogens with zero attached hydrogens (tertiary/aromatic N) is 2. The van der Waals surface area contributed by atoms with E-state index < -0.39 is 17.7 Å². The lowest BCUT2D eigenvalue weighted by molar-refractivity contribution is -0.137. The fourth-order valence-electron chi connectivity index (χ4n) is 3.46. The average molecular weight is 487 g/mol. The third kappa shape index (κ3) is 5.20. The van der Waals surface area contributed by atoms with Gasteiger partial charge in [-0.3, -0.25) is 0 Å². The number of hydrogen-bond acceptors (Lipinski definition) is 5. The number of nitrogens with one attached hydrogen (secondary N) is 2. The lowest BCUT2D eigenvalue weighted by Crippen LogP contribution is -2.09. The third-order valence-electron chi connectivity index (χ3n) is 5.10. The minimum absolute atomic E-state index is 0.0104. The lowest BCUT2D eigenvalue weighted by Gasteiger charge is -2.14. The molecule has 4 aromatic rings. The molecule has 10 heteroatoms. The number of carboxylic acids is 1. The molecule has 34 heavy (non-hydrogen) atoms. The number of carbonyl (C=O) groups is 1. The maximum atomic E-state index is 13.2. The van der Waals surface area contributed by atoms with Crippen LogP contribution in [0.4, 0.5) is 24.7 Å². The second-order valence-electron chi connectivity index (χ2n) is 7.45. The van der Waals surface area contributed by atoms with E-state index in [0.717, 1.165) is 11.6 Å². The Morgan fingerprint density at radius 3 is 2.38 bits per heavy atom. The fourth-order valence-corrected chi connectivity index (χ4v) is 3.68. The van der Waals surface area contributed by atoms with Crippen LogP contribution in [0, 0.1) is 0 Å². The Morgan fingerprint density at radius 1 is 0.941 bits per heavy atom. The van der Waals surface area contributed by atoms with Gasteiger partial charge in [0.2, 0.25) is 0 Å². The van der Waals surface area contributed by atoms with Crippen LogP contribution in [0.1, 0.15) is 27.0 Å². The van der Waals surface area contributed by atoms with E-state index in [2.05, 4.69) is 20.6 Å². The molecule has 0 saturated carbocycles. The van der Waals surface area contributed by atoms with E-state index in [9.17, 15) is 23.1 Å². The first-order chi connectivity index (χ1) is 16.2. The van der Waals surface area contributed by atoms with Crippen LogP contribution in [-0.2, 0) is 19.3 Å². The first kappa shape index (κ1) is 23.3. The molecule has 0 amide bonds. The number of aromatic carboxylic acids is 1. The summed E-state index contributed by atoms with van der Waals surface area (Å²) in [5.74, 6) is -0.870. The molecular weight excluding hydrogens is 469 g/mol. The quantitative estimate of drug-likeness (QED) is 0.287. The third-order valence-corrected chi connectivity index (χ3v) is 5.43. The van der Waals surface area contributed by atoms with Crippen molar-refractivity contribution in [3.63, 3.8) is 0 Å². The molecule has 0 atom stereocenters. The van der Waals surface area contributed by atoms with Gasteiger partial charge in [-0.05, 0) is 35.4 Å². The van der Waals surface area contributed by atoms with E-state index in [-0.39, 0.29) is 22.6 Å². The standard InChI is InChI=1S/C24H18ClF3N4O2/c25-20-7-6-15(8-19(20)24(26,27)28)12-30-22-17-9-16(29-11-14-4-2-1-3-5-14)10-18(23(33)34)21(17)31-13-32-22/h1-10,13,29H,11-12H2,(H,33,34)(H,30,31,32). The molecule has 0 radical (unpaired) electrons. The van der Waals surface area contributed by atoms with Crippen molar-refractivity contribution in [3.05, 3.63) is 94.3 Å². The van der Waals surface area contributed by atoms with Crippen molar-refractivity contribution in [1.82, 2.24) is 9.97 Å². The topological polar surface area (TPSA) is 87.1 Å². The van der Waals surface area contributed by atoms with Crippen molar-refractivity contribution >= 4 is 40.0 Å². The zero-order valence-electron chi connectivity index (χ0n) is 17.5. The molecule has 0 spiro atoms. The van der Waals surface area contributed by atoms with Gasteiger partial charge in [-0.25, -0.2) is 14.8 Å². The van der Waals surface area contributed by atoms with Crippen LogP contribution in [0.15, 0.2) is 67.0 Å². The van der Waals surface area contributed by atoms with Gasteiger partial charge in [-0.15, -0.1) is 0 Å². The van der Waals surface area contributed by atoms with Gasteiger partial charge < -0.3 is 15.7 Å². The van der Waals surface area contributed by atoms with Crippen LogP contribution >= 0.6 is 11.6 Å². The number of aromatic nitrogens is 2. The van der Waals surface area contributed by atoms with Gasteiger partial charge in [0.25, 0.3) is 0 Å². The van der Waals surface area contributed by atoms with Crippen molar-refractivity contribution in [2.75, 3.05) is 10.6 Å². The molecule has 0 saturated heterocycles. The highest BCUT2D eigenvalue weighted by atomic mass is 35.5. The summed E-state index contributed by atoms with van der Waals surface area (Å²) in [7, 11) is 0. The molecule has 1 heterocycles. The first-order valence-electron chi connectivity index (χ1n) is 10.1. The summed E-state index contributed by atoms with van der Waals surface area (Å²) in [5, 5.41) is 15.9. The highest BCUT2D eigenvalue weighted by Crippen LogP contribution is 2.35. The van der Waals surface area contributed by atoms with Crippen LogP contribution < -0.4 is 10.6 Å². The van der Waals surface area contributed by atoms with Gasteiger partial charge in [-0.2, -0.15) is 13.2 Å². The normalized spacial score (nSPS) is 11.4. The SMILES string of the molecule is O=C(O)c1cc(NCc2ccccc2)cc2c(NCc3ccc(Cl)c(C(F)(F)F)c3)ncnc12. The Labute approximate surface area is 197 Å². The molecule has 3 N–H and O–H groups in total. The van der Waals surface area contributed by atoms with Crippen molar-refractivity contribution in [1.29, 1.82) is 0 Å². The van der Waals surface area contributed by atoms with E-state index in [0.29, 0.717) is 29.0 Å². The maximum Gasteiger partial charge on any atom is 0.417 e. The lowest BCUT2D eigenvalue weighted by atomic mass is 10.1. The van der Waals surface area contributed by atoms with Crippen molar-refractivity contribution in [2.45, 2.75) is 19.3 Å². The molecule has 0 fully saturated rings. The van der Waals surface area contributed by atoms with E-state index >= 15 is 0 Å². The second-order valence-corrected chi connectivity index (χ2v) is 7.86. The minimum atomic E-state index is -4.58. The Balaban J connectivity index is 1.65. The van der Waals surface area contributed by atoms with Gasteiger partial charge in [0.15, 0.2) is 0 Å². The number of alkyl halides is 3. The van der Waals surface area contributed by atoms with Gasteiger partial charge in [0.05, 0.1) is 21.7 Å². The number of halogens is 4. The van der Waals surface area contributed by atoms with Gasteiger partial charge in [0.1, 0.15) is 12.1 Å². The van der Waals surface area contributed by atoms with E-state index in [1.165, 1.54) is 24.5 Å². The fraction of sp³-hybridized carbons (Fsp3) is 0.125. The molecule has 0 unspecified atom stereocenters. The summed E-state index contributed by atoms with van der Waals surface area (Å²) in [5.41, 5.74) is 1.14. The van der Waals surface area contributed by atoms with E-state index in [1.54, 1.807) is 6.07 Å². The summed E-state index contributed by atoms with van der Waals surface area (Å²) < 4.78 is 39.5. The molecule has 0 bridgehead atoms. The molecular formula is C24H18ClF3N4O2. The number of hydrogen-bond donors (Lipinski definition) is 3. The molecule has 0 aliphatic carbocycles. The molecule has 174 valence electrons. The number of carboxylic acid groups (broad SMARTS) is 1. The Morgan fingerprint density at radius 2 is 1.68 bits per heavy atom. The minimum Gasteiger partial charge on any atom is -0.478 e. The van der Waals surface area contributed by atoms with Crippen molar-refractivity contribution in [2.24, 2.45) is 0 Å². The average Bonchev–Trinajstić information content (AvgIpc) is 2.81. The zero-order valence-corrected chi connectivity index (χ0v) is 18.3. The summed E-state index contributed by atoms with van der Waals surface area (Å²) in [4.78, 5) is 20.2. The van der Waals surface area contributed by atoms with Crippen LogP contribution in [-0.4, -0.2) is 21.0 Å². The molecule has 3 aromatic carbocycles. The van der Waals surface area contributed by atoms with Crippen LogP contribution in [0.5, 0.6) is 0 Å². The van der Waals surface area contributed by atoms with Crippen LogP contribution in [0.25, 0.3) is 10.9 Å². The number of rotatable bonds is 7. The summed E-state index contributed by atoms with van der Waals surface area (Å²) in [6, 6.07) is 16.4. The highest BCUT2D eigenvalue weighted by Gasteiger charge is 2.33. The Kier molecular flexibility index (Phi) is 6.56. The van der Waals surface area contributed by atoms with Gasteiger partial charge in [0, 0.05) is 24.2 Å². The van der Waals surface area contributed by atoms with Crippen molar-refractivity contribution < 1.29 is 23.1 Å². The largest absolute Gasteiger partial charge is 0.478 e.